The lowest BCUT2D eigenvalue weighted by molar-refractivity contribution is 0.0746. The molecule has 1 aromatic carbocycles. The molecule has 1 fully saturated rings. The van der Waals surface area contributed by atoms with Crippen LogP contribution in [-0.4, -0.2) is 53.7 Å². The van der Waals surface area contributed by atoms with E-state index in [-0.39, 0.29) is 12.7 Å². The molecular weight excluding hydrogens is 356 g/mol. The molecular formula is C21H26N4O3. The van der Waals surface area contributed by atoms with Crippen LogP contribution in [0.25, 0.3) is 0 Å². The van der Waals surface area contributed by atoms with Crippen LogP contribution >= 0.6 is 0 Å². The predicted molar refractivity (Wildman–Crippen MR) is 106 cm³/mol. The Hall–Kier alpha value is -2.83. The average molecular weight is 382 g/mol. The van der Waals surface area contributed by atoms with Crippen LogP contribution in [0.1, 0.15) is 47.2 Å². The summed E-state index contributed by atoms with van der Waals surface area (Å²) in [5.41, 5.74) is 2.87. The fraction of sp³-hybridized carbons (Fsp3) is 0.476. The summed E-state index contributed by atoms with van der Waals surface area (Å²) in [5, 5.41) is 0. The van der Waals surface area contributed by atoms with E-state index in [1.165, 1.54) is 5.56 Å². The van der Waals surface area contributed by atoms with Crippen molar-refractivity contribution in [2.45, 2.75) is 33.6 Å². The van der Waals surface area contributed by atoms with Crippen molar-refractivity contribution in [1.29, 1.82) is 0 Å². The van der Waals surface area contributed by atoms with Gasteiger partial charge in [-0.3, -0.25) is 4.79 Å². The third-order valence-corrected chi connectivity index (χ3v) is 5.29. The topological polar surface area (TPSA) is 67.8 Å². The van der Waals surface area contributed by atoms with Crippen molar-refractivity contribution >= 4 is 11.7 Å². The van der Waals surface area contributed by atoms with E-state index in [0.717, 1.165) is 30.4 Å². The smallest absolute Gasteiger partial charge is 0.254 e. The van der Waals surface area contributed by atoms with Gasteiger partial charge in [-0.2, -0.15) is 0 Å². The summed E-state index contributed by atoms with van der Waals surface area (Å²) < 4.78 is 10.7. The number of piperazine rings is 1. The normalized spacial score (nSPS) is 16.0. The lowest BCUT2D eigenvalue weighted by Gasteiger charge is -2.37. The summed E-state index contributed by atoms with van der Waals surface area (Å²) in [6.45, 7) is 11.4. The second kappa shape index (κ2) is 7.30. The van der Waals surface area contributed by atoms with Gasteiger partial charge in [-0.1, -0.05) is 13.8 Å². The van der Waals surface area contributed by atoms with E-state index in [1.54, 1.807) is 18.2 Å². The van der Waals surface area contributed by atoms with Crippen LogP contribution in [0.15, 0.2) is 18.2 Å². The van der Waals surface area contributed by atoms with Gasteiger partial charge < -0.3 is 19.3 Å². The van der Waals surface area contributed by atoms with Crippen LogP contribution < -0.4 is 14.4 Å². The molecule has 0 unspecified atom stereocenters. The molecule has 28 heavy (non-hydrogen) atoms. The van der Waals surface area contributed by atoms with Crippen LogP contribution in [0, 0.1) is 13.8 Å². The Labute approximate surface area is 165 Å². The van der Waals surface area contributed by atoms with E-state index < -0.39 is 0 Å². The third kappa shape index (κ3) is 3.37. The highest BCUT2D eigenvalue weighted by atomic mass is 16.7. The number of rotatable bonds is 3. The van der Waals surface area contributed by atoms with E-state index in [0.29, 0.717) is 36.1 Å². The van der Waals surface area contributed by atoms with Gasteiger partial charge in [0.2, 0.25) is 6.79 Å². The average Bonchev–Trinajstić information content (AvgIpc) is 3.14. The van der Waals surface area contributed by atoms with Crippen molar-refractivity contribution in [3.63, 3.8) is 0 Å². The number of hydrogen-bond acceptors (Lipinski definition) is 6. The molecule has 1 saturated heterocycles. The number of aromatic nitrogens is 2. The highest BCUT2D eigenvalue weighted by molar-refractivity contribution is 5.95. The van der Waals surface area contributed by atoms with E-state index in [2.05, 4.69) is 23.7 Å². The van der Waals surface area contributed by atoms with Crippen molar-refractivity contribution in [1.82, 2.24) is 14.9 Å². The van der Waals surface area contributed by atoms with Gasteiger partial charge in [0.05, 0.1) is 0 Å². The number of anilines is 1. The summed E-state index contributed by atoms with van der Waals surface area (Å²) in [4.78, 5) is 26.3. The maximum atomic E-state index is 12.9. The Balaban J connectivity index is 1.49. The first-order chi connectivity index (χ1) is 13.4. The maximum absolute atomic E-state index is 12.9. The maximum Gasteiger partial charge on any atom is 0.254 e. The molecule has 2 aromatic rings. The third-order valence-electron chi connectivity index (χ3n) is 5.29. The Morgan fingerprint density at radius 1 is 1.04 bits per heavy atom. The zero-order valence-corrected chi connectivity index (χ0v) is 16.9. The largest absolute Gasteiger partial charge is 0.454 e. The first kappa shape index (κ1) is 18.5. The van der Waals surface area contributed by atoms with E-state index in [4.69, 9.17) is 14.5 Å². The molecule has 3 heterocycles. The van der Waals surface area contributed by atoms with Crippen molar-refractivity contribution in [2.24, 2.45) is 0 Å². The van der Waals surface area contributed by atoms with Crippen molar-refractivity contribution in [2.75, 3.05) is 37.9 Å². The summed E-state index contributed by atoms with van der Waals surface area (Å²) in [7, 11) is 0. The van der Waals surface area contributed by atoms with Gasteiger partial charge in [-0.15, -0.1) is 0 Å². The van der Waals surface area contributed by atoms with E-state index >= 15 is 0 Å². The van der Waals surface area contributed by atoms with Crippen molar-refractivity contribution < 1.29 is 14.3 Å². The molecule has 2 aliphatic heterocycles. The molecule has 4 rings (SSSR count). The molecule has 0 atom stereocenters. The number of aryl methyl sites for hydroxylation is 2. The van der Waals surface area contributed by atoms with Gasteiger partial charge in [-0.25, -0.2) is 9.97 Å². The minimum absolute atomic E-state index is 0.0251. The van der Waals surface area contributed by atoms with Crippen molar-refractivity contribution in [3.05, 3.63) is 40.8 Å². The summed E-state index contributed by atoms with van der Waals surface area (Å²) in [5.74, 6) is 3.50. The van der Waals surface area contributed by atoms with Crippen LogP contribution in [0.5, 0.6) is 11.5 Å². The quantitative estimate of drug-likeness (QED) is 0.813. The highest BCUT2D eigenvalue weighted by Crippen LogP contribution is 2.33. The van der Waals surface area contributed by atoms with Gasteiger partial charge in [0.25, 0.3) is 5.91 Å². The lowest BCUT2D eigenvalue weighted by atomic mass is 10.0. The molecule has 0 bridgehead atoms. The minimum atomic E-state index is 0.0251. The number of fused-ring (bicyclic) bond motifs is 1. The number of amides is 1. The van der Waals surface area contributed by atoms with Crippen molar-refractivity contribution in [3.8, 4) is 11.5 Å². The van der Waals surface area contributed by atoms with Gasteiger partial charge in [-0.05, 0) is 38.0 Å². The van der Waals surface area contributed by atoms with Gasteiger partial charge in [0, 0.05) is 43.0 Å². The minimum Gasteiger partial charge on any atom is -0.454 e. The second-order valence-electron chi connectivity index (χ2n) is 7.60. The van der Waals surface area contributed by atoms with E-state index in [9.17, 15) is 4.79 Å². The predicted octanol–water partition coefficient (Wildman–Crippen LogP) is 2.91. The fourth-order valence-electron chi connectivity index (χ4n) is 3.95. The molecule has 1 amide bonds. The molecule has 0 saturated carbocycles. The van der Waals surface area contributed by atoms with E-state index in [1.807, 2.05) is 18.7 Å². The Morgan fingerprint density at radius 2 is 1.75 bits per heavy atom. The summed E-state index contributed by atoms with van der Waals surface area (Å²) in [6, 6.07) is 5.37. The lowest BCUT2D eigenvalue weighted by Crippen LogP contribution is -2.49. The van der Waals surface area contributed by atoms with Gasteiger partial charge in [0.1, 0.15) is 11.6 Å². The molecule has 7 heteroatoms. The monoisotopic (exact) mass is 382 g/mol. The molecule has 0 spiro atoms. The fourth-order valence-corrected chi connectivity index (χ4v) is 3.95. The summed E-state index contributed by atoms with van der Waals surface area (Å²) in [6.07, 6.45) is 0. The van der Waals surface area contributed by atoms with Gasteiger partial charge >= 0.3 is 0 Å². The molecule has 0 radical (unpaired) electrons. The number of carbonyl (C=O) groups excluding carboxylic acids is 1. The molecule has 148 valence electrons. The van der Waals surface area contributed by atoms with Crippen LogP contribution in [0.4, 0.5) is 5.82 Å². The number of benzene rings is 1. The molecule has 7 nitrogen and oxygen atoms in total. The molecule has 1 aromatic heterocycles. The number of ether oxygens (including phenoxy) is 2. The number of nitrogens with zero attached hydrogens (tertiary/aromatic N) is 4. The Bertz CT molecular complexity index is 905. The SMILES string of the molecule is Cc1nc(C)c(C(C)C)c(N2CCN(C(=O)c3ccc4c(c3)OCO4)CC2)n1. The van der Waals surface area contributed by atoms with Crippen LogP contribution in [0.3, 0.4) is 0 Å². The summed E-state index contributed by atoms with van der Waals surface area (Å²) >= 11 is 0. The molecule has 0 N–H and O–H groups in total. The highest BCUT2D eigenvalue weighted by Gasteiger charge is 2.27. The number of hydrogen-bond donors (Lipinski definition) is 0. The second-order valence-corrected chi connectivity index (χ2v) is 7.60. The molecule has 0 aliphatic carbocycles. The van der Waals surface area contributed by atoms with Crippen LogP contribution in [0.2, 0.25) is 0 Å². The first-order valence-corrected chi connectivity index (χ1v) is 9.73. The zero-order valence-electron chi connectivity index (χ0n) is 16.9. The standard InChI is InChI=1S/C21H26N4O3/c1-13(2)19-14(3)22-15(4)23-20(19)24-7-9-25(10-8-24)21(26)16-5-6-17-18(11-16)28-12-27-17/h5-6,11,13H,7-10,12H2,1-4H3. The zero-order chi connectivity index (χ0) is 19.8. The first-order valence-electron chi connectivity index (χ1n) is 9.73. The van der Waals surface area contributed by atoms with Crippen LogP contribution in [-0.2, 0) is 0 Å². The Morgan fingerprint density at radius 3 is 2.46 bits per heavy atom. The number of carbonyl (C=O) groups is 1. The Kier molecular flexibility index (Phi) is 4.83. The van der Waals surface area contributed by atoms with Gasteiger partial charge in [0.15, 0.2) is 11.5 Å². The molecule has 2 aliphatic rings.